The first-order chi connectivity index (χ1) is 17.2. The van der Waals surface area contributed by atoms with E-state index in [1.807, 2.05) is 97.1 Å². The number of esters is 1. The van der Waals surface area contributed by atoms with E-state index in [9.17, 15) is 9.59 Å². The predicted octanol–water partition coefficient (Wildman–Crippen LogP) is 6.14. The first-order valence-electron chi connectivity index (χ1n) is 11.3. The highest BCUT2D eigenvalue weighted by molar-refractivity contribution is 6.01. The van der Waals surface area contributed by atoms with Crippen LogP contribution in [-0.4, -0.2) is 28.5 Å². The Kier molecular flexibility index (Phi) is 6.35. The van der Waals surface area contributed by atoms with Gasteiger partial charge in [-0.1, -0.05) is 66.7 Å². The molecular formula is C29H23N3O3. The van der Waals surface area contributed by atoms with Crippen LogP contribution in [0.3, 0.4) is 0 Å². The quantitative estimate of drug-likeness (QED) is 0.295. The molecule has 0 aliphatic carbocycles. The van der Waals surface area contributed by atoms with Crippen LogP contribution in [0.2, 0.25) is 0 Å². The molecule has 5 rings (SSSR count). The summed E-state index contributed by atoms with van der Waals surface area (Å²) in [5.74, 6) is -0.0743. The average Bonchev–Trinajstić information content (AvgIpc) is 3.34. The third-order valence-corrected chi connectivity index (χ3v) is 5.62. The normalized spacial score (nSPS) is 10.7. The van der Waals surface area contributed by atoms with Gasteiger partial charge in [-0.3, -0.25) is 9.69 Å². The molecule has 0 aliphatic rings. The molecule has 0 atom stereocenters. The van der Waals surface area contributed by atoms with Gasteiger partial charge in [-0.15, -0.1) is 0 Å². The minimum absolute atomic E-state index is 0.0394. The van der Waals surface area contributed by atoms with E-state index in [-0.39, 0.29) is 18.9 Å². The van der Waals surface area contributed by atoms with Crippen molar-refractivity contribution in [2.45, 2.75) is 6.42 Å². The number of hydrogen-bond donors (Lipinski definition) is 1. The number of H-pyrrole nitrogens is 1. The number of amides is 1. The van der Waals surface area contributed by atoms with Gasteiger partial charge in [-0.05, 0) is 42.5 Å². The Labute approximate surface area is 202 Å². The summed E-state index contributed by atoms with van der Waals surface area (Å²) in [5.41, 5.74) is 4.25. The van der Waals surface area contributed by atoms with Gasteiger partial charge in [0.05, 0.1) is 23.0 Å². The van der Waals surface area contributed by atoms with Crippen LogP contribution in [0.25, 0.3) is 22.4 Å². The molecule has 0 spiro atoms. The molecule has 0 unspecified atom stereocenters. The van der Waals surface area contributed by atoms with Crippen molar-refractivity contribution in [3.63, 3.8) is 0 Å². The molecule has 6 nitrogen and oxygen atoms in total. The molecule has 35 heavy (non-hydrogen) atoms. The summed E-state index contributed by atoms with van der Waals surface area (Å²) in [6, 6.07) is 33.7. The number of aromatic nitrogens is 2. The third-order valence-electron chi connectivity index (χ3n) is 5.62. The molecule has 1 aromatic heterocycles. The summed E-state index contributed by atoms with van der Waals surface area (Å²) in [6.45, 7) is -0.0394. The minimum atomic E-state index is -0.500. The number of hydrogen-bond acceptors (Lipinski definition) is 4. The second-order valence-corrected chi connectivity index (χ2v) is 7.93. The smallest absolute Gasteiger partial charge is 0.338 e. The second kappa shape index (κ2) is 10.1. The van der Waals surface area contributed by atoms with E-state index in [4.69, 9.17) is 4.74 Å². The summed E-state index contributed by atoms with van der Waals surface area (Å²) in [4.78, 5) is 35.6. The fourth-order valence-corrected chi connectivity index (χ4v) is 3.96. The number of imidazole rings is 1. The molecule has 0 saturated heterocycles. The Morgan fingerprint density at radius 2 is 1.34 bits per heavy atom. The predicted molar refractivity (Wildman–Crippen MR) is 136 cm³/mol. The van der Waals surface area contributed by atoms with Gasteiger partial charge < -0.3 is 9.72 Å². The standard InChI is InChI=1S/C29H23N3O3/c33-27(32(21-11-3-1-4-12-21)22-13-5-2-6-14-22)19-20-35-29(34)24-16-8-7-15-23(24)28-30-25-17-9-10-18-26(25)31-28/h1-18H,19-20H2,(H,30,31). The average molecular weight is 462 g/mol. The Morgan fingerprint density at radius 1 is 0.743 bits per heavy atom. The zero-order chi connectivity index (χ0) is 24.0. The molecule has 0 fully saturated rings. The number of carbonyl (C=O) groups is 2. The highest BCUT2D eigenvalue weighted by atomic mass is 16.5. The van der Waals surface area contributed by atoms with E-state index in [1.54, 1.807) is 17.0 Å². The van der Waals surface area contributed by atoms with Gasteiger partial charge in [0.2, 0.25) is 5.91 Å². The highest BCUT2D eigenvalue weighted by Crippen LogP contribution is 2.27. The van der Waals surface area contributed by atoms with Gasteiger partial charge in [0, 0.05) is 16.9 Å². The van der Waals surface area contributed by atoms with Crippen molar-refractivity contribution in [2.24, 2.45) is 0 Å². The van der Waals surface area contributed by atoms with Crippen molar-refractivity contribution in [3.05, 3.63) is 115 Å². The van der Waals surface area contributed by atoms with Crippen LogP contribution in [0.15, 0.2) is 109 Å². The molecule has 1 heterocycles. The van der Waals surface area contributed by atoms with Gasteiger partial charge in [0.25, 0.3) is 0 Å². The number of anilines is 2. The molecule has 6 heteroatoms. The van der Waals surface area contributed by atoms with E-state index in [1.165, 1.54) is 0 Å². The maximum absolute atomic E-state index is 13.2. The van der Waals surface area contributed by atoms with Crippen LogP contribution >= 0.6 is 0 Å². The fraction of sp³-hybridized carbons (Fsp3) is 0.0690. The van der Waals surface area contributed by atoms with Crippen molar-refractivity contribution in [1.29, 1.82) is 0 Å². The molecule has 1 N–H and O–H groups in total. The second-order valence-electron chi connectivity index (χ2n) is 7.93. The molecule has 0 bridgehead atoms. The van der Waals surface area contributed by atoms with Gasteiger partial charge in [-0.2, -0.15) is 0 Å². The largest absolute Gasteiger partial charge is 0.462 e. The van der Waals surface area contributed by atoms with E-state index < -0.39 is 5.97 Å². The zero-order valence-electron chi connectivity index (χ0n) is 18.9. The van der Waals surface area contributed by atoms with Crippen molar-refractivity contribution < 1.29 is 14.3 Å². The molecular weight excluding hydrogens is 438 g/mol. The van der Waals surface area contributed by atoms with Crippen molar-refractivity contribution in [3.8, 4) is 11.4 Å². The van der Waals surface area contributed by atoms with Crippen LogP contribution in [0.5, 0.6) is 0 Å². The number of ether oxygens (including phenoxy) is 1. The zero-order valence-corrected chi connectivity index (χ0v) is 18.9. The minimum Gasteiger partial charge on any atom is -0.462 e. The summed E-state index contributed by atoms with van der Waals surface area (Å²) < 4.78 is 5.53. The van der Waals surface area contributed by atoms with Gasteiger partial charge >= 0.3 is 5.97 Å². The van der Waals surface area contributed by atoms with E-state index in [2.05, 4.69) is 9.97 Å². The van der Waals surface area contributed by atoms with Gasteiger partial charge in [0.1, 0.15) is 12.4 Å². The number of carbonyl (C=O) groups excluding carboxylic acids is 2. The first kappa shape index (κ1) is 22.1. The fourth-order valence-electron chi connectivity index (χ4n) is 3.96. The SMILES string of the molecule is O=C(OCCC(=O)N(c1ccccc1)c1ccccc1)c1ccccc1-c1nc2ccccc2[nH]1. The summed E-state index contributed by atoms with van der Waals surface area (Å²) >= 11 is 0. The number of nitrogens with one attached hydrogen (secondary N) is 1. The van der Waals surface area contributed by atoms with Gasteiger partial charge in [0.15, 0.2) is 0 Å². The summed E-state index contributed by atoms with van der Waals surface area (Å²) in [6.07, 6.45) is 0.0440. The number of benzene rings is 4. The molecule has 5 aromatic rings. The Morgan fingerprint density at radius 3 is 2.03 bits per heavy atom. The Bertz CT molecular complexity index is 1390. The number of rotatable bonds is 7. The van der Waals surface area contributed by atoms with Crippen LogP contribution in [0.1, 0.15) is 16.8 Å². The van der Waals surface area contributed by atoms with Crippen LogP contribution in [0, 0.1) is 0 Å². The lowest BCUT2D eigenvalue weighted by Gasteiger charge is -2.23. The van der Waals surface area contributed by atoms with Crippen molar-refractivity contribution >= 4 is 34.3 Å². The molecule has 172 valence electrons. The van der Waals surface area contributed by atoms with E-state index >= 15 is 0 Å². The molecule has 0 aliphatic heterocycles. The third kappa shape index (κ3) is 4.82. The van der Waals surface area contributed by atoms with E-state index in [0.29, 0.717) is 17.0 Å². The maximum Gasteiger partial charge on any atom is 0.338 e. The topological polar surface area (TPSA) is 75.3 Å². The number of para-hydroxylation sites is 4. The molecule has 0 radical (unpaired) electrons. The monoisotopic (exact) mass is 461 g/mol. The molecule has 1 amide bonds. The van der Waals surface area contributed by atoms with Crippen LogP contribution in [0.4, 0.5) is 11.4 Å². The Hall–Kier alpha value is -4.71. The molecule has 4 aromatic carbocycles. The summed E-state index contributed by atoms with van der Waals surface area (Å²) in [7, 11) is 0. The maximum atomic E-state index is 13.2. The van der Waals surface area contributed by atoms with Crippen molar-refractivity contribution in [2.75, 3.05) is 11.5 Å². The van der Waals surface area contributed by atoms with Crippen LogP contribution in [-0.2, 0) is 9.53 Å². The lowest BCUT2D eigenvalue weighted by Crippen LogP contribution is -2.27. The lowest BCUT2D eigenvalue weighted by molar-refractivity contribution is -0.118. The van der Waals surface area contributed by atoms with E-state index in [0.717, 1.165) is 22.4 Å². The first-order valence-corrected chi connectivity index (χ1v) is 11.3. The number of fused-ring (bicyclic) bond motifs is 1. The lowest BCUT2D eigenvalue weighted by atomic mass is 10.1. The number of nitrogens with zero attached hydrogens (tertiary/aromatic N) is 2. The Balaban J connectivity index is 1.31. The highest BCUT2D eigenvalue weighted by Gasteiger charge is 2.20. The van der Waals surface area contributed by atoms with Crippen LogP contribution < -0.4 is 4.90 Å². The van der Waals surface area contributed by atoms with Crippen molar-refractivity contribution in [1.82, 2.24) is 9.97 Å². The molecule has 0 saturated carbocycles. The summed E-state index contributed by atoms with van der Waals surface area (Å²) in [5, 5.41) is 0. The number of aromatic amines is 1. The van der Waals surface area contributed by atoms with Gasteiger partial charge in [-0.25, -0.2) is 9.78 Å².